The number of anilines is 1. The highest BCUT2D eigenvalue weighted by atomic mass is 32.2. The summed E-state index contributed by atoms with van der Waals surface area (Å²) >= 11 is 1.74. The van der Waals surface area contributed by atoms with Gasteiger partial charge in [0.2, 0.25) is 0 Å². The topological polar surface area (TPSA) is 56.7 Å². The third-order valence-electron chi connectivity index (χ3n) is 2.31. The molecule has 4 nitrogen and oxygen atoms in total. The van der Waals surface area contributed by atoms with Crippen LogP contribution >= 0.6 is 11.8 Å². The maximum absolute atomic E-state index is 5.81. The SMILES string of the molecule is Cn1ccnc1CCSc1ccncc1N. The normalized spacial score (nSPS) is 10.6. The van der Waals surface area contributed by atoms with Crippen molar-refractivity contribution >= 4 is 17.4 Å². The molecule has 84 valence electrons. The molecule has 0 aromatic carbocycles. The molecule has 0 atom stereocenters. The maximum Gasteiger partial charge on any atom is 0.109 e. The summed E-state index contributed by atoms with van der Waals surface area (Å²) in [6, 6.07) is 1.94. The largest absolute Gasteiger partial charge is 0.397 e. The number of pyridine rings is 1. The molecule has 0 aliphatic rings. The van der Waals surface area contributed by atoms with E-state index >= 15 is 0 Å². The van der Waals surface area contributed by atoms with Gasteiger partial charge in [-0.25, -0.2) is 4.98 Å². The average Bonchev–Trinajstić information content (AvgIpc) is 2.67. The molecule has 0 aliphatic carbocycles. The van der Waals surface area contributed by atoms with Crippen molar-refractivity contribution in [2.75, 3.05) is 11.5 Å². The van der Waals surface area contributed by atoms with E-state index < -0.39 is 0 Å². The first-order chi connectivity index (χ1) is 7.77. The molecule has 0 radical (unpaired) electrons. The lowest BCUT2D eigenvalue weighted by atomic mass is 10.4. The number of nitrogens with zero attached hydrogens (tertiary/aromatic N) is 3. The lowest BCUT2D eigenvalue weighted by Gasteiger charge is -2.04. The summed E-state index contributed by atoms with van der Waals surface area (Å²) < 4.78 is 2.04. The molecule has 5 heteroatoms. The molecule has 0 fully saturated rings. The zero-order chi connectivity index (χ0) is 11.4. The molecule has 0 spiro atoms. The molecule has 0 bridgehead atoms. The lowest BCUT2D eigenvalue weighted by Crippen LogP contribution is -1.99. The predicted molar refractivity (Wildman–Crippen MR) is 66.3 cm³/mol. The van der Waals surface area contributed by atoms with Crippen LogP contribution in [0.5, 0.6) is 0 Å². The molecule has 2 heterocycles. The van der Waals surface area contributed by atoms with Gasteiger partial charge in [0.15, 0.2) is 0 Å². The van der Waals surface area contributed by atoms with Gasteiger partial charge in [-0.1, -0.05) is 0 Å². The molecular weight excluding hydrogens is 220 g/mol. The van der Waals surface area contributed by atoms with E-state index in [4.69, 9.17) is 5.73 Å². The van der Waals surface area contributed by atoms with E-state index in [1.165, 1.54) is 0 Å². The molecule has 0 aliphatic heterocycles. The fourth-order valence-electron chi connectivity index (χ4n) is 1.42. The molecule has 0 amide bonds. The van der Waals surface area contributed by atoms with Gasteiger partial charge in [0, 0.05) is 42.7 Å². The summed E-state index contributed by atoms with van der Waals surface area (Å²) in [5.74, 6) is 2.07. The minimum Gasteiger partial charge on any atom is -0.397 e. The van der Waals surface area contributed by atoms with Gasteiger partial charge >= 0.3 is 0 Å². The summed E-state index contributed by atoms with van der Waals surface area (Å²) in [7, 11) is 2.01. The number of hydrogen-bond acceptors (Lipinski definition) is 4. The second-order valence-corrected chi connectivity index (χ2v) is 4.60. The van der Waals surface area contributed by atoms with Crippen LogP contribution < -0.4 is 5.73 Å². The molecule has 2 rings (SSSR count). The van der Waals surface area contributed by atoms with Crippen molar-refractivity contribution in [3.8, 4) is 0 Å². The van der Waals surface area contributed by atoms with E-state index in [1.807, 2.05) is 30.1 Å². The number of imidazole rings is 1. The van der Waals surface area contributed by atoms with E-state index in [0.29, 0.717) is 0 Å². The lowest BCUT2D eigenvalue weighted by molar-refractivity contribution is 0.811. The highest BCUT2D eigenvalue weighted by Crippen LogP contribution is 2.23. The van der Waals surface area contributed by atoms with Gasteiger partial charge in [0.1, 0.15) is 5.82 Å². The van der Waals surface area contributed by atoms with Crippen LogP contribution in [0.1, 0.15) is 5.82 Å². The van der Waals surface area contributed by atoms with Crippen LogP contribution in [0, 0.1) is 0 Å². The molecule has 2 aromatic heterocycles. The van der Waals surface area contributed by atoms with Crippen LogP contribution in [0.15, 0.2) is 35.7 Å². The smallest absolute Gasteiger partial charge is 0.109 e. The Morgan fingerprint density at radius 2 is 2.31 bits per heavy atom. The summed E-state index contributed by atoms with van der Waals surface area (Å²) in [6.45, 7) is 0. The average molecular weight is 234 g/mol. The first-order valence-corrected chi connectivity index (χ1v) is 6.04. The number of nitrogen functional groups attached to an aromatic ring is 1. The number of thioether (sulfide) groups is 1. The second kappa shape index (κ2) is 5.03. The van der Waals surface area contributed by atoms with Crippen molar-refractivity contribution < 1.29 is 0 Å². The summed E-state index contributed by atoms with van der Waals surface area (Å²) in [4.78, 5) is 9.32. The molecule has 0 saturated carbocycles. The number of hydrogen-bond donors (Lipinski definition) is 1. The minimum atomic E-state index is 0.743. The Morgan fingerprint density at radius 1 is 1.44 bits per heavy atom. The zero-order valence-corrected chi connectivity index (χ0v) is 9.94. The van der Waals surface area contributed by atoms with E-state index in [-0.39, 0.29) is 0 Å². The molecule has 0 saturated heterocycles. The highest BCUT2D eigenvalue weighted by molar-refractivity contribution is 7.99. The van der Waals surface area contributed by atoms with Crippen molar-refractivity contribution in [2.24, 2.45) is 7.05 Å². The van der Waals surface area contributed by atoms with Gasteiger partial charge < -0.3 is 10.3 Å². The van der Waals surface area contributed by atoms with E-state index in [0.717, 1.165) is 28.6 Å². The fraction of sp³-hybridized carbons (Fsp3) is 0.273. The third-order valence-corrected chi connectivity index (χ3v) is 3.41. The van der Waals surface area contributed by atoms with E-state index in [1.54, 1.807) is 24.2 Å². The quantitative estimate of drug-likeness (QED) is 0.819. The van der Waals surface area contributed by atoms with Crippen LogP contribution in [-0.4, -0.2) is 20.3 Å². The van der Waals surface area contributed by atoms with Gasteiger partial charge in [-0.2, -0.15) is 0 Å². The van der Waals surface area contributed by atoms with Crippen molar-refractivity contribution in [1.82, 2.24) is 14.5 Å². The van der Waals surface area contributed by atoms with Gasteiger partial charge in [-0.15, -0.1) is 11.8 Å². The fourth-order valence-corrected chi connectivity index (χ4v) is 2.30. The summed E-state index contributed by atoms with van der Waals surface area (Å²) in [6.07, 6.45) is 8.17. The van der Waals surface area contributed by atoms with E-state index in [2.05, 4.69) is 9.97 Å². The number of aromatic nitrogens is 3. The Hall–Kier alpha value is -1.49. The van der Waals surface area contributed by atoms with Crippen molar-refractivity contribution in [2.45, 2.75) is 11.3 Å². The molecule has 2 N–H and O–H groups in total. The highest BCUT2D eigenvalue weighted by Gasteiger charge is 2.02. The Morgan fingerprint density at radius 3 is 3.00 bits per heavy atom. The molecule has 2 aromatic rings. The zero-order valence-electron chi connectivity index (χ0n) is 9.13. The monoisotopic (exact) mass is 234 g/mol. The van der Waals surface area contributed by atoms with Crippen LogP contribution in [0.25, 0.3) is 0 Å². The van der Waals surface area contributed by atoms with Gasteiger partial charge in [0.25, 0.3) is 0 Å². The molecule has 16 heavy (non-hydrogen) atoms. The minimum absolute atomic E-state index is 0.743. The predicted octanol–water partition coefficient (Wildman–Crippen LogP) is 1.73. The van der Waals surface area contributed by atoms with Crippen LogP contribution in [-0.2, 0) is 13.5 Å². The number of rotatable bonds is 4. The van der Waals surface area contributed by atoms with E-state index in [9.17, 15) is 0 Å². The number of aryl methyl sites for hydroxylation is 2. The van der Waals surface area contributed by atoms with Gasteiger partial charge in [-0.3, -0.25) is 4.98 Å². The Balaban J connectivity index is 1.89. The number of nitrogens with two attached hydrogens (primary N) is 1. The first kappa shape index (κ1) is 11.0. The molecular formula is C11H14N4S. The second-order valence-electron chi connectivity index (χ2n) is 3.47. The van der Waals surface area contributed by atoms with Gasteiger partial charge in [-0.05, 0) is 6.07 Å². The summed E-state index contributed by atoms with van der Waals surface area (Å²) in [5.41, 5.74) is 6.55. The molecule has 0 unspecified atom stereocenters. The summed E-state index contributed by atoms with van der Waals surface area (Å²) in [5, 5.41) is 0. The van der Waals surface area contributed by atoms with Crippen LogP contribution in [0.3, 0.4) is 0 Å². The van der Waals surface area contributed by atoms with Gasteiger partial charge in [0.05, 0.1) is 11.9 Å². The maximum atomic E-state index is 5.81. The Bertz CT molecular complexity index is 467. The third kappa shape index (κ3) is 2.55. The van der Waals surface area contributed by atoms with Crippen molar-refractivity contribution in [1.29, 1.82) is 0 Å². The van der Waals surface area contributed by atoms with Crippen LogP contribution in [0.2, 0.25) is 0 Å². The Kier molecular flexibility index (Phi) is 3.46. The Labute approximate surface area is 98.9 Å². The van der Waals surface area contributed by atoms with Crippen molar-refractivity contribution in [3.05, 3.63) is 36.7 Å². The van der Waals surface area contributed by atoms with Crippen LogP contribution in [0.4, 0.5) is 5.69 Å². The first-order valence-electron chi connectivity index (χ1n) is 5.06. The van der Waals surface area contributed by atoms with Crippen molar-refractivity contribution in [3.63, 3.8) is 0 Å². The standard InChI is InChI=1S/C11H14N4S/c1-15-6-5-14-11(15)3-7-16-10-2-4-13-8-9(10)12/h2,4-6,8H,3,7,12H2,1H3.